The zero-order valence-corrected chi connectivity index (χ0v) is 8.55. The highest BCUT2D eigenvalue weighted by atomic mass is 16.2. The second kappa shape index (κ2) is 3.05. The van der Waals surface area contributed by atoms with E-state index in [1.54, 1.807) is 0 Å². The molecule has 0 radical (unpaired) electrons. The van der Waals surface area contributed by atoms with Gasteiger partial charge >= 0.3 is 11.4 Å². The summed E-state index contributed by atoms with van der Waals surface area (Å²) in [5.41, 5.74) is -2.05. The zero-order valence-electron chi connectivity index (χ0n) is 8.55. The minimum atomic E-state index is -0.811. The van der Waals surface area contributed by atoms with Crippen LogP contribution in [0.4, 0.5) is 0 Å². The second-order valence-electron chi connectivity index (χ2n) is 3.31. The molecule has 0 saturated heterocycles. The van der Waals surface area contributed by atoms with Crippen molar-refractivity contribution in [3.63, 3.8) is 0 Å². The van der Waals surface area contributed by atoms with Gasteiger partial charge in [0, 0.05) is 14.1 Å². The molecule has 0 aliphatic heterocycles. The molecule has 0 atom stereocenters. The normalized spacial score (nSPS) is 10.9. The largest absolute Gasteiger partial charge is 0.339 e. The molecule has 0 fully saturated rings. The molecule has 2 rings (SSSR count). The van der Waals surface area contributed by atoms with Crippen LogP contribution in [0.15, 0.2) is 14.4 Å². The van der Waals surface area contributed by atoms with Crippen LogP contribution in [0, 0.1) is 0 Å². The summed E-state index contributed by atoms with van der Waals surface area (Å²) < 4.78 is 2.50. The summed E-state index contributed by atoms with van der Waals surface area (Å²) in [6.07, 6.45) is 0.127. The van der Waals surface area contributed by atoms with E-state index in [0.29, 0.717) is 4.57 Å². The van der Waals surface area contributed by atoms with Crippen molar-refractivity contribution in [2.45, 2.75) is 0 Å². The van der Waals surface area contributed by atoms with Gasteiger partial charge in [0.05, 0.1) is 0 Å². The van der Waals surface area contributed by atoms with Gasteiger partial charge in [0.15, 0.2) is 5.52 Å². The van der Waals surface area contributed by atoms with Gasteiger partial charge in [-0.1, -0.05) is 0 Å². The fourth-order valence-electron chi connectivity index (χ4n) is 1.54. The Morgan fingerprint density at radius 3 is 2.31 bits per heavy atom. The Kier molecular flexibility index (Phi) is 1.94. The van der Waals surface area contributed by atoms with Crippen molar-refractivity contribution in [1.82, 2.24) is 18.7 Å². The van der Waals surface area contributed by atoms with Crippen molar-refractivity contribution in [3.8, 4) is 0 Å². The highest BCUT2D eigenvalue weighted by molar-refractivity contribution is 5.71. The third-order valence-electron chi connectivity index (χ3n) is 2.44. The molecule has 0 aromatic carbocycles. The standard InChI is InChI=1S/C8H8N4O4/c1-10-4-5(9-7(10)15)11(2)8(16)12(3-13)6(4)14/h3H,1-2H3,(H,9,15). The molecule has 0 unspecified atom stereocenters. The van der Waals surface area contributed by atoms with Crippen LogP contribution in [-0.4, -0.2) is 25.1 Å². The topological polar surface area (TPSA) is 98.9 Å². The van der Waals surface area contributed by atoms with Crippen molar-refractivity contribution < 1.29 is 4.79 Å². The molecule has 2 aromatic rings. The number of imidazole rings is 1. The average molecular weight is 224 g/mol. The van der Waals surface area contributed by atoms with Gasteiger partial charge < -0.3 is 0 Å². The van der Waals surface area contributed by atoms with E-state index in [9.17, 15) is 19.2 Å². The van der Waals surface area contributed by atoms with Gasteiger partial charge in [-0.2, -0.15) is 4.57 Å². The fraction of sp³-hybridized carbons (Fsp3) is 0.250. The lowest BCUT2D eigenvalue weighted by molar-refractivity contribution is 0.540. The van der Waals surface area contributed by atoms with Crippen LogP contribution >= 0.6 is 0 Å². The Morgan fingerprint density at radius 2 is 1.75 bits per heavy atom. The summed E-state index contributed by atoms with van der Waals surface area (Å²) >= 11 is 0. The Labute approximate surface area is 87.4 Å². The fourth-order valence-corrected chi connectivity index (χ4v) is 1.54. The lowest BCUT2D eigenvalue weighted by Gasteiger charge is -2.01. The molecule has 8 heteroatoms. The van der Waals surface area contributed by atoms with E-state index in [-0.39, 0.29) is 17.6 Å². The predicted molar refractivity (Wildman–Crippen MR) is 55.2 cm³/mol. The maximum Gasteiger partial charge on any atom is 0.339 e. The minimum absolute atomic E-state index is 0.0146. The molecule has 8 nitrogen and oxygen atoms in total. The van der Waals surface area contributed by atoms with Crippen LogP contribution in [0.2, 0.25) is 0 Å². The Morgan fingerprint density at radius 1 is 1.12 bits per heavy atom. The van der Waals surface area contributed by atoms with E-state index in [1.165, 1.54) is 14.1 Å². The molecule has 0 aliphatic carbocycles. The number of aromatic amines is 1. The zero-order chi connectivity index (χ0) is 12.0. The van der Waals surface area contributed by atoms with Crippen LogP contribution in [0.25, 0.3) is 11.2 Å². The first-order valence-corrected chi connectivity index (χ1v) is 4.34. The van der Waals surface area contributed by atoms with E-state index >= 15 is 0 Å². The number of aromatic nitrogens is 4. The first-order valence-electron chi connectivity index (χ1n) is 4.34. The van der Waals surface area contributed by atoms with Crippen molar-refractivity contribution >= 4 is 17.6 Å². The van der Waals surface area contributed by atoms with Crippen LogP contribution in [-0.2, 0) is 18.9 Å². The number of carbonyl (C=O) groups is 1. The molecule has 0 spiro atoms. The van der Waals surface area contributed by atoms with Gasteiger partial charge in [-0.05, 0) is 0 Å². The van der Waals surface area contributed by atoms with E-state index in [2.05, 4.69) is 4.98 Å². The van der Waals surface area contributed by atoms with Crippen molar-refractivity contribution in [3.05, 3.63) is 31.3 Å². The smallest absolute Gasteiger partial charge is 0.291 e. The summed E-state index contributed by atoms with van der Waals surface area (Å²) in [5.74, 6) is 0. The molecule has 84 valence electrons. The number of fused-ring (bicyclic) bond motifs is 1. The summed E-state index contributed by atoms with van der Waals surface area (Å²) in [6, 6.07) is 0. The van der Waals surface area contributed by atoms with Gasteiger partial charge in [0.1, 0.15) is 5.65 Å². The van der Waals surface area contributed by atoms with Crippen molar-refractivity contribution in [2.24, 2.45) is 14.1 Å². The molecular formula is C8H8N4O4. The van der Waals surface area contributed by atoms with Gasteiger partial charge in [-0.25, -0.2) is 9.59 Å². The molecule has 2 heterocycles. The SMILES string of the molecule is Cn1c(=O)n(C=O)c(=O)c2c1[nH]c(=O)n2C. The lowest BCUT2D eigenvalue weighted by Crippen LogP contribution is -2.39. The maximum absolute atomic E-state index is 11.7. The van der Waals surface area contributed by atoms with E-state index in [1.807, 2.05) is 0 Å². The molecular weight excluding hydrogens is 216 g/mol. The van der Waals surface area contributed by atoms with E-state index in [0.717, 1.165) is 9.13 Å². The molecule has 0 bridgehead atoms. The number of aryl methyl sites for hydroxylation is 2. The Hall–Kier alpha value is -2.38. The van der Waals surface area contributed by atoms with Crippen molar-refractivity contribution in [2.75, 3.05) is 0 Å². The second-order valence-corrected chi connectivity index (χ2v) is 3.31. The van der Waals surface area contributed by atoms with E-state index < -0.39 is 16.9 Å². The van der Waals surface area contributed by atoms with Gasteiger partial charge in [-0.15, -0.1) is 0 Å². The monoisotopic (exact) mass is 224 g/mol. The van der Waals surface area contributed by atoms with Crippen LogP contribution in [0.5, 0.6) is 0 Å². The number of rotatable bonds is 1. The Bertz CT molecular complexity index is 757. The number of carbonyl (C=O) groups excluding carboxylic acids is 1. The molecule has 2 aromatic heterocycles. The highest BCUT2D eigenvalue weighted by Crippen LogP contribution is 1.98. The summed E-state index contributed by atoms with van der Waals surface area (Å²) in [6.45, 7) is 0. The van der Waals surface area contributed by atoms with E-state index in [4.69, 9.17) is 0 Å². The molecule has 0 aliphatic rings. The Balaban J connectivity index is 3.28. The number of nitrogens with one attached hydrogen (secondary N) is 1. The number of hydrogen-bond donors (Lipinski definition) is 1. The summed E-state index contributed by atoms with van der Waals surface area (Å²) in [4.78, 5) is 47.5. The average Bonchev–Trinajstić information content (AvgIpc) is 2.54. The van der Waals surface area contributed by atoms with Crippen LogP contribution < -0.4 is 16.9 Å². The van der Waals surface area contributed by atoms with Gasteiger partial charge in [0.2, 0.25) is 6.41 Å². The van der Waals surface area contributed by atoms with Gasteiger partial charge in [-0.3, -0.25) is 23.7 Å². The van der Waals surface area contributed by atoms with Crippen LogP contribution in [0.3, 0.4) is 0 Å². The third kappa shape index (κ3) is 1.03. The highest BCUT2D eigenvalue weighted by Gasteiger charge is 2.15. The van der Waals surface area contributed by atoms with Gasteiger partial charge in [0.25, 0.3) is 5.56 Å². The number of hydrogen-bond acceptors (Lipinski definition) is 4. The first-order chi connectivity index (χ1) is 7.49. The molecule has 0 amide bonds. The molecule has 16 heavy (non-hydrogen) atoms. The summed E-state index contributed by atoms with van der Waals surface area (Å²) in [5, 5.41) is 0. The minimum Gasteiger partial charge on any atom is -0.291 e. The van der Waals surface area contributed by atoms with Crippen LogP contribution in [0.1, 0.15) is 0 Å². The third-order valence-corrected chi connectivity index (χ3v) is 2.44. The van der Waals surface area contributed by atoms with Crippen molar-refractivity contribution in [1.29, 1.82) is 0 Å². The quantitative estimate of drug-likeness (QED) is 0.554. The predicted octanol–water partition coefficient (Wildman–Crippen LogP) is -2.23. The summed E-state index contributed by atoms with van der Waals surface area (Å²) in [7, 11) is 2.74. The maximum atomic E-state index is 11.7. The number of nitrogens with zero attached hydrogens (tertiary/aromatic N) is 3. The number of H-pyrrole nitrogens is 1. The lowest BCUT2D eigenvalue weighted by atomic mass is 10.5. The molecule has 1 N–H and O–H groups in total. The molecule has 0 saturated carbocycles. The first kappa shape index (κ1) is 10.1.